The van der Waals surface area contributed by atoms with Gasteiger partial charge in [0.15, 0.2) is 0 Å². The molecule has 1 aliphatic rings. The monoisotopic (exact) mass is 321 g/mol. The van der Waals surface area contributed by atoms with E-state index in [0.29, 0.717) is 0 Å². The van der Waals surface area contributed by atoms with Crippen LogP contribution < -0.4 is 5.32 Å². The van der Waals surface area contributed by atoms with Crippen LogP contribution in [0.3, 0.4) is 0 Å². The Bertz CT molecular complexity index is 375. The average Bonchev–Trinajstić information content (AvgIpc) is 2.40. The number of hydrogen-bond donors (Lipinski definition) is 1. The molecule has 114 valence electrons. The van der Waals surface area contributed by atoms with Crippen LogP contribution in [0.15, 0.2) is 10.1 Å². The molecule has 0 spiro atoms. The number of hydrogen-bond acceptors (Lipinski definition) is 3. The van der Waals surface area contributed by atoms with Crippen molar-refractivity contribution in [1.82, 2.24) is 5.32 Å². The number of carbonyl (C=O) groups is 2. The van der Waals surface area contributed by atoms with Gasteiger partial charge in [-0.2, -0.15) is 0 Å². The van der Waals surface area contributed by atoms with E-state index in [-0.39, 0.29) is 22.7 Å². The smallest absolute Gasteiger partial charge is 0.351 e. The molecule has 0 aromatic heterocycles. The first-order chi connectivity index (χ1) is 9.56. The number of esters is 1. The standard InChI is InChI=1S/C14H21Cl2NO3/c1-2-20-14(19)12(16)11(15)13(18)17-10-8-6-4-3-5-7-9-10/h10H,2-9H2,1H3,(H,17,18). The first-order valence-corrected chi connectivity index (χ1v) is 7.85. The van der Waals surface area contributed by atoms with Crippen LogP contribution >= 0.6 is 23.2 Å². The Labute approximate surface area is 129 Å². The molecule has 0 unspecified atom stereocenters. The zero-order valence-electron chi connectivity index (χ0n) is 11.7. The van der Waals surface area contributed by atoms with Crippen molar-refractivity contribution < 1.29 is 14.3 Å². The molecular weight excluding hydrogens is 301 g/mol. The highest BCUT2D eigenvalue weighted by molar-refractivity contribution is 6.53. The summed E-state index contributed by atoms with van der Waals surface area (Å²) in [6, 6.07) is 0.100. The van der Waals surface area contributed by atoms with Crippen molar-refractivity contribution in [3.05, 3.63) is 10.1 Å². The Morgan fingerprint density at radius 2 is 1.60 bits per heavy atom. The minimum Gasteiger partial charge on any atom is -0.462 e. The summed E-state index contributed by atoms with van der Waals surface area (Å²) < 4.78 is 4.71. The second-order valence-corrected chi connectivity index (χ2v) is 5.62. The predicted molar refractivity (Wildman–Crippen MR) is 79.6 cm³/mol. The maximum atomic E-state index is 12.0. The lowest BCUT2D eigenvalue weighted by atomic mass is 9.97. The molecule has 0 heterocycles. The molecule has 0 atom stereocenters. The topological polar surface area (TPSA) is 55.4 Å². The normalized spacial score (nSPS) is 18.6. The van der Waals surface area contributed by atoms with E-state index in [2.05, 4.69) is 5.32 Å². The molecule has 0 bridgehead atoms. The summed E-state index contributed by atoms with van der Waals surface area (Å²) >= 11 is 11.6. The van der Waals surface area contributed by atoms with Gasteiger partial charge in [-0.1, -0.05) is 55.3 Å². The van der Waals surface area contributed by atoms with E-state index >= 15 is 0 Å². The second-order valence-electron chi connectivity index (χ2n) is 4.86. The van der Waals surface area contributed by atoms with Gasteiger partial charge in [-0.05, 0) is 19.8 Å². The molecule has 1 aliphatic carbocycles. The summed E-state index contributed by atoms with van der Waals surface area (Å²) in [5.74, 6) is -1.28. The Morgan fingerprint density at radius 3 is 2.15 bits per heavy atom. The maximum Gasteiger partial charge on any atom is 0.351 e. The fourth-order valence-corrected chi connectivity index (χ4v) is 2.51. The minimum absolute atomic E-state index is 0.100. The highest BCUT2D eigenvalue weighted by Crippen LogP contribution is 2.20. The van der Waals surface area contributed by atoms with Crippen molar-refractivity contribution in [1.29, 1.82) is 0 Å². The van der Waals surface area contributed by atoms with Gasteiger partial charge in [0.25, 0.3) is 5.91 Å². The van der Waals surface area contributed by atoms with Gasteiger partial charge >= 0.3 is 5.97 Å². The van der Waals surface area contributed by atoms with Crippen molar-refractivity contribution in [2.24, 2.45) is 0 Å². The van der Waals surface area contributed by atoms with Crippen molar-refractivity contribution in [3.8, 4) is 0 Å². The third-order valence-electron chi connectivity index (χ3n) is 3.29. The molecule has 20 heavy (non-hydrogen) atoms. The van der Waals surface area contributed by atoms with Crippen LogP contribution in [0, 0.1) is 0 Å². The van der Waals surface area contributed by atoms with Gasteiger partial charge in [-0.15, -0.1) is 0 Å². The zero-order chi connectivity index (χ0) is 15.0. The predicted octanol–water partition coefficient (Wildman–Crippen LogP) is 3.47. The van der Waals surface area contributed by atoms with Gasteiger partial charge in [0, 0.05) is 6.04 Å². The molecule has 1 saturated carbocycles. The van der Waals surface area contributed by atoms with Crippen LogP contribution in [0.25, 0.3) is 0 Å². The summed E-state index contributed by atoms with van der Waals surface area (Å²) in [7, 11) is 0. The fourth-order valence-electron chi connectivity index (χ4n) is 2.23. The summed E-state index contributed by atoms with van der Waals surface area (Å²) in [6.07, 6.45) is 7.71. The molecule has 1 fully saturated rings. The second kappa shape index (κ2) is 9.24. The van der Waals surface area contributed by atoms with Crippen molar-refractivity contribution >= 4 is 35.1 Å². The van der Waals surface area contributed by atoms with Crippen molar-refractivity contribution in [3.63, 3.8) is 0 Å². The van der Waals surface area contributed by atoms with Crippen LogP contribution in [-0.2, 0) is 14.3 Å². The van der Waals surface area contributed by atoms with Gasteiger partial charge in [-0.25, -0.2) is 4.79 Å². The van der Waals surface area contributed by atoms with E-state index in [1.54, 1.807) is 6.92 Å². The van der Waals surface area contributed by atoms with E-state index in [9.17, 15) is 9.59 Å². The van der Waals surface area contributed by atoms with E-state index < -0.39 is 11.9 Å². The molecular formula is C14H21Cl2NO3. The van der Waals surface area contributed by atoms with Crippen molar-refractivity contribution in [2.45, 2.75) is 57.9 Å². The van der Waals surface area contributed by atoms with Gasteiger partial charge in [0.1, 0.15) is 10.1 Å². The van der Waals surface area contributed by atoms with Gasteiger partial charge < -0.3 is 10.1 Å². The molecule has 0 saturated heterocycles. The number of ether oxygens (including phenoxy) is 1. The summed E-state index contributed by atoms with van der Waals surface area (Å²) in [5, 5.41) is 2.18. The molecule has 6 heteroatoms. The Balaban J connectivity index is 2.59. The largest absolute Gasteiger partial charge is 0.462 e. The maximum absolute atomic E-state index is 12.0. The van der Waals surface area contributed by atoms with Crippen LogP contribution in [0.2, 0.25) is 0 Å². The minimum atomic E-state index is -0.771. The van der Waals surface area contributed by atoms with E-state index in [4.69, 9.17) is 27.9 Å². The van der Waals surface area contributed by atoms with Gasteiger partial charge in [0.05, 0.1) is 6.61 Å². The molecule has 0 radical (unpaired) electrons. The van der Waals surface area contributed by atoms with Crippen LogP contribution in [-0.4, -0.2) is 24.5 Å². The zero-order valence-corrected chi connectivity index (χ0v) is 13.2. The first-order valence-electron chi connectivity index (χ1n) is 7.09. The molecule has 0 aliphatic heterocycles. The Morgan fingerprint density at radius 1 is 1.05 bits per heavy atom. The molecule has 0 aromatic carbocycles. The SMILES string of the molecule is CCOC(=O)C(Cl)=C(Cl)C(=O)NC1CCCCCCC1. The summed E-state index contributed by atoms with van der Waals surface area (Å²) in [6.45, 7) is 1.84. The van der Waals surface area contributed by atoms with Crippen LogP contribution in [0.1, 0.15) is 51.9 Å². The van der Waals surface area contributed by atoms with Crippen LogP contribution in [0.5, 0.6) is 0 Å². The van der Waals surface area contributed by atoms with Crippen molar-refractivity contribution in [2.75, 3.05) is 6.61 Å². The number of halogens is 2. The number of nitrogens with one attached hydrogen (secondary N) is 1. The van der Waals surface area contributed by atoms with Crippen LogP contribution in [0.4, 0.5) is 0 Å². The number of rotatable bonds is 4. The average molecular weight is 322 g/mol. The molecule has 4 nitrogen and oxygen atoms in total. The van der Waals surface area contributed by atoms with E-state index in [1.165, 1.54) is 19.3 Å². The molecule has 1 N–H and O–H groups in total. The Hall–Kier alpha value is -0.740. The highest BCUT2D eigenvalue weighted by atomic mass is 35.5. The van der Waals surface area contributed by atoms with Gasteiger partial charge in [0.2, 0.25) is 0 Å². The number of carbonyl (C=O) groups excluding carboxylic acids is 2. The lowest BCUT2D eigenvalue weighted by molar-refractivity contribution is -0.138. The first kappa shape index (κ1) is 17.3. The van der Waals surface area contributed by atoms with Gasteiger partial charge in [-0.3, -0.25) is 4.79 Å². The molecule has 1 amide bonds. The fraction of sp³-hybridized carbons (Fsp3) is 0.714. The molecule has 1 rings (SSSR count). The summed E-state index contributed by atoms with van der Waals surface area (Å²) in [5.41, 5.74) is 0. The van der Waals surface area contributed by atoms with E-state index in [0.717, 1.165) is 25.7 Å². The lowest BCUT2D eigenvalue weighted by Gasteiger charge is -2.20. The quantitative estimate of drug-likeness (QED) is 0.637. The summed E-state index contributed by atoms with van der Waals surface area (Å²) in [4.78, 5) is 23.4. The van der Waals surface area contributed by atoms with E-state index in [1.807, 2.05) is 0 Å². The third-order valence-corrected chi connectivity index (χ3v) is 4.09. The number of amides is 1. The highest BCUT2D eigenvalue weighted by Gasteiger charge is 2.21. The lowest BCUT2D eigenvalue weighted by Crippen LogP contribution is -2.35. The molecule has 0 aromatic rings. The third kappa shape index (κ3) is 5.71. The Kier molecular flexibility index (Phi) is 8.00.